The molecule has 180 valence electrons. The fourth-order valence-electron chi connectivity index (χ4n) is 4.40. The summed E-state index contributed by atoms with van der Waals surface area (Å²) in [5.41, 5.74) is 3.04. The summed E-state index contributed by atoms with van der Waals surface area (Å²) in [4.78, 5) is 19.6. The Morgan fingerprint density at radius 2 is 1.97 bits per heavy atom. The molecule has 9 heteroatoms. The fraction of sp³-hybridized carbons (Fsp3) is 0.269. The number of halogens is 2. The van der Waals surface area contributed by atoms with Crippen molar-refractivity contribution >= 4 is 44.9 Å². The van der Waals surface area contributed by atoms with Crippen molar-refractivity contribution in [1.82, 2.24) is 19.5 Å². The molecule has 1 N–H and O–H groups in total. The van der Waals surface area contributed by atoms with Gasteiger partial charge in [0.25, 0.3) is 5.91 Å². The standard InChI is InChI=1S/C26H25BrClN5O2/c1-35-19-6-4-5-18(13-19)26(34)32-11-9-17(10-12-32)15-29-24-14-23(20-7-2-3-8-22(20)28)31-25-21(27)16-30-33(24)25/h2-8,13-14,16-17,29H,9-12,15H2,1H3. The molecule has 5 rings (SSSR count). The van der Waals surface area contributed by atoms with Crippen LogP contribution in [0.5, 0.6) is 5.75 Å². The Labute approximate surface area is 217 Å². The monoisotopic (exact) mass is 553 g/mol. The molecule has 0 unspecified atom stereocenters. The minimum Gasteiger partial charge on any atom is -0.497 e. The molecule has 1 amide bonds. The molecule has 0 spiro atoms. The molecule has 1 fully saturated rings. The second-order valence-electron chi connectivity index (χ2n) is 8.58. The summed E-state index contributed by atoms with van der Waals surface area (Å²) >= 11 is 9.99. The molecular formula is C26H25BrClN5O2. The van der Waals surface area contributed by atoms with Crippen LogP contribution in [0.25, 0.3) is 16.9 Å². The molecule has 1 aliphatic rings. The van der Waals surface area contributed by atoms with E-state index in [0.29, 0.717) is 22.3 Å². The second-order valence-corrected chi connectivity index (χ2v) is 9.84. The van der Waals surface area contributed by atoms with Gasteiger partial charge in [0.2, 0.25) is 0 Å². The van der Waals surface area contributed by atoms with Gasteiger partial charge in [-0.2, -0.15) is 9.61 Å². The highest BCUT2D eigenvalue weighted by Crippen LogP contribution is 2.31. The maximum Gasteiger partial charge on any atom is 0.253 e. The average Bonchev–Trinajstić information content (AvgIpc) is 3.28. The number of rotatable bonds is 6. The summed E-state index contributed by atoms with van der Waals surface area (Å²) in [6, 6.07) is 17.0. The van der Waals surface area contributed by atoms with Crippen LogP contribution in [-0.4, -0.2) is 52.1 Å². The van der Waals surface area contributed by atoms with E-state index in [4.69, 9.17) is 21.3 Å². The van der Waals surface area contributed by atoms with Crippen molar-refractivity contribution in [2.24, 2.45) is 5.92 Å². The molecule has 1 aliphatic heterocycles. The lowest BCUT2D eigenvalue weighted by atomic mass is 9.96. The highest BCUT2D eigenvalue weighted by Gasteiger charge is 2.24. The average molecular weight is 555 g/mol. The number of likely N-dealkylation sites (tertiary alicyclic amines) is 1. The van der Waals surface area contributed by atoms with Gasteiger partial charge in [0.05, 0.1) is 23.5 Å². The zero-order valence-corrected chi connectivity index (χ0v) is 21.6. The van der Waals surface area contributed by atoms with E-state index >= 15 is 0 Å². The van der Waals surface area contributed by atoms with Gasteiger partial charge in [0, 0.05) is 41.9 Å². The lowest BCUT2D eigenvalue weighted by molar-refractivity contribution is 0.0694. The maximum atomic E-state index is 12.9. The van der Waals surface area contributed by atoms with Crippen LogP contribution in [0.3, 0.4) is 0 Å². The highest BCUT2D eigenvalue weighted by molar-refractivity contribution is 9.10. The van der Waals surface area contributed by atoms with E-state index in [-0.39, 0.29) is 5.91 Å². The molecule has 2 aromatic carbocycles. The largest absolute Gasteiger partial charge is 0.497 e. The summed E-state index contributed by atoms with van der Waals surface area (Å²) in [5.74, 6) is 2.04. The Morgan fingerprint density at radius 3 is 2.74 bits per heavy atom. The molecule has 3 heterocycles. The minimum absolute atomic E-state index is 0.0527. The quantitative estimate of drug-likeness (QED) is 0.327. The molecule has 1 saturated heterocycles. The smallest absolute Gasteiger partial charge is 0.253 e. The Hall–Kier alpha value is -3.10. The van der Waals surface area contributed by atoms with Gasteiger partial charge in [-0.1, -0.05) is 35.9 Å². The number of nitrogens with one attached hydrogen (secondary N) is 1. The van der Waals surface area contributed by atoms with Crippen molar-refractivity contribution in [1.29, 1.82) is 0 Å². The number of benzene rings is 2. The van der Waals surface area contributed by atoms with Gasteiger partial charge in [0.1, 0.15) is 11.6 Å². The highest BCUT2D eigenvalue weighted by atomic mass is 79.9. The number of amides is 1. The lowest BCUT2D eigenvalue weighted by Crippen LogP contribution is -2.40. The number of piperidine rings is 1. The molecule has 0 aliphatic carbocycles. The Balaban J connectivity index is 1.27. The van der Waals surface area contributed by atoms with E-state index in [2.05, 4.69) is 26.3 Å². The third kappa shape index (κ3) is 4.99. The van der Waals surface area contributed by atoms with Crippen molar-refractivity contribution in [2.75, 3.05) is 32.1 Å². The number of aromatic nitrogens is 3. The molecule has 0 saturated carbocycles. The van der Waals surface area contributed by atoms with Crippen LogP contribution in [0.1, 0.15) is 23.2 Å². The normalized spacial score (nSPS) is 14.3. The van der Waals surface area contributed by atoms with E-state index in [0.717, 1.165) is 59.7 Å². The molecule has 35 heavy (non-hydrogen) atoms. The molecular weight excluding hydrogens is 530 g/mol. The fourth-order valence-corrected chi connectivity index (χ4v) is 4.98. The van der Waals surface area contributed by atoms with Gasteiger partial charge >= 0.3 is 0 Å². The van der Waals surface area contributed by atoms with Crippen LogP contribution in [0.15, 0.2) is 65.3 Å². The van der Waals surface area contributed by atoms with Crippen LogP contribution in [0, 0.1) is 5.92 Å². The Morgan fingerprint density at radius 1 is 1.17 bits per heavy atom. The molecule has 4 aromatic rings. The molecule has 0 atom stereocenters. The molecule has 7 nitrogen and oxygen atoms in total. The van der Waals surface area contributed by atoms with Crippen molar-refractivity contribution < 1.29 is 9.53 Å². The SMILES string of the molecule is COc1cccc(C(=O)N2CCC(CNc3cc(-c4ccccc4Cl)nc4c(Br)cnn34)CC2)c1. The molecule has 0 radical (unpaired) electrons. The Kier molecular flexibility index (Phi) is 6.92. The number of carbonyl (C=O) groups excluding carboxylic acids is 1. The first-order chi connectivity index (χ1) is 17.0. The van der Waals surface area contributed by atoms with E-state index in [1.165, 1.54) is 0 Å². The van der Waals surface area contributed by atoms with Crippen LogP contribution in [0.4, 0.5) is 5.82 Å². The van der Waals surface area contributed by atoms with Crippen molar-refractivity contribution in [3.05, 3.63) is 75.9 Å². The van der Waals surface area contributed by atoms with Crippen LogP contribution in [-0.2, 0) is 0 Å². The summed E-state index contributed by atoms with van der Waals surface area (Å²) in [7, 11) is 1.61. The van der Waals surface area contributed by atoms with Gasteiger partial charge in [-0.3, -0.25) is 4.79 Å². The lowest BCUT2D eigenvalue weighted by Gasteiger charge is -2.32. The van der Waals surface area contributed by atoms with Crippen LogP contribution < -0.4 is 10.1 Å². The van der Waals surface area contributed by atoms with Gasteiger partial charge < -0.3 is 15.0 Å². The third-order valence-corrected chi connectivity index (χ3v) is 7.26. The first kappa shape index (κ1) is 23.6. The molecule has 2 aromatic heterocycles. The molecule has 0 bridgehead atoms. The number of hydrogen-bond donors (Lipinski definition) is 1. The maximum absolute atomic E-state index is 12.9. The number of hydrogen-bond acceptors (Lipinski definition) is 5. The van der Waals surface area contributed by atoms with Crippen molar-refractivity contribution in [3.63, 3.8) is 0 Å². The van der Waals surface area contributed by atoms with E-state index < -0.39 is 0 Å². The van der Waals surface area contributed by atoms with Gasteiger partial charge in [-0.15, -0.1) is 0 Å². The number of anilines is 1. The minimum atomic E-state index is 0.0527. The van der Waals surface area contributed by atoms with Crippen molar-refractivity contribution in [3.8, 4) is 17.0 Å². The van der Waals surface area contributed by atoms with Crippen molar-refractivity contribution in [2.45, 2.75) is 12.8 Å². The topological polar surface area (TPSA) is 71.8 Å². The predicted molar refractivity (Wildman–Crippen MR) is 141 cm³/mol. The zero-order chi connectivity index (χ0) is 24.4. The van der Waals surface area contributed by atoms with Gasteiger partial charge in [0.15, 0.2) is 5.65 Å². The summed E-state index contributed by atoms with van der Waals surface area (Å²) in [5, 5.41) is 8.69. The predicted octanol–water partition coefficient (Wildman–Crippen LogP) is 5.79. The van der Waals surface area contributed by atoms with E-state index in [1.807, 2.05) is 53.4 Å². The number of carbonyl (C=O) groups is 1. The first-order valence-electron chi connectivity index (χ1n) is 11.5. The first-order valence-corrected chi connectivity index (χ1v) is 12.7. The summed E-state index contributed by atoms with van der Waals surface area (Å²) in [6.45, 7) is 2.23. The van der Waals surface area contributed by atoms with Crippen LogP contribution in [0.2, 0.25) is 5.02 Å². The van der Waals surface area contributed by atoms with E-state index in [9.17, 15) is 4.79 Å². The zero-order valence-electron chi connectivity index (χ0n) is 19.2. The number of methoxy groups -OCH3 is 1. The summed E-state index contributed by atoms with van der Waals surface area (Å²) < 4.78 is 7.87. The van der Waals surface area contributed by atoms with E-state index in [1.54, 1.807) is 23.9 Å². The Bertz CT molecular complexity index is 1370. The van der Waals surface area contributed by atoms with Gasteiger partial charge in [-0.05, 0) is 59.0 Å². The summed E-state index contributed by atoms with van der Waals surface area (Å²) in [6.07, 6.45) is 3.60. The number of nitrogens with zero attached hydrogens (tertiary/aromatic N) is 4. The van der Waals surface area contributed by atoms with Crippen LogP contribution >= 0.6 is 27.5 Å². The van der Waals surface area contributed by atoms with Gasteiger partial charge in [-0.25, -0.2) is 4.98 Å². The number of ether oxygens (including phenoxy) is 1. The third-order valence-electron chi connectivity index (χ3n) is 6.37. The number of fused-ring (bicyclic) bond motifs is 1. The second kappa shape index (κ2) is 10.3.